The fourth-order valence-electron chi connectivity index (χ4n) is 4.15. The summed E-state index contributed by atoms with van der Waals surface area (Å²) in [6.07, 6.45) is 1.66. The highest BCUT2D eigenvalue weighted by molar-refractivity contribution is 6.09. The van der Waals surface area contributed by atoms with Crippen LogP contribution in [0.15, 0.2) is 48.7 Å². The number of nitrogens with one attached hydrogen (secondary N) is 2. The van der Waals surface area contributed by atoms with Crippen LogP contribution < -0.4 is 25.2 Å². The molecule has 0 radical (unpaired) electrons. The van der Waals surface area contributed by atoms with Crippen LogP contribution in [0.2, 0.25) is 0 Å². The number of fused-ring (bicyclic) bond motifs is 3. The average molecular weight is 446 g/mol. The lowest BCUT2D eigenvalue weighted by molar-refractivity contribution is 0.258. The van der Waals surface area contributed by atoms with Crippen molar-refractivity contribution in [2.24, 2.45) is 0 Å². The van der Waals surface area contributed by atoms with E-state index in [1.54, 1.807) is 20.4 Å². The van der Waals surface area contributed by atoms with Gasteiger partial charge in [-0.1, -0.05) is 18.2 Å². The zero-order chi connectivity index (χ0) is 22.9. The molecule has 1 aromatic heterocycles. The molecule has 2 aliphatic heterocycles. The van der Waals surface area contributed by atoms with Crippen LogP contribution in [0, 0.1) is 0 Å². The van der Waals surface area contributed by atoms with Crippen LogP contribution in [0.25, 0.3) is 11.3 Å². The number of anilines is 5. The number of piperazine rings is 1. The first-order chi connectivity index (χ1) is 16.0. The number of benzene rings is 2. The molecule has 170 valence electrons. The van der Waals surface area contributed by atoms with Crippen LogP contribution in [0.3, 0.4) is 0 Å². The molecule has 2 N–H and O–H groups in total. The molecule has 0 unspecified atom stereocenters. The van der Waals surface area contributed by atoms with E-state index in [0.29, 0.717) is 23.0 Å². The number of para-hydroxylation sites is 1. The van der Waals surface area contributed by atoms with Gasteiger partial charge in [-0.15, -0.1) is 0 Å². The summed E-state index contributed by atoms with van der Waals surface area (Å²) in [6.45, 7) is 4.05. The van der Waals surface area contributed by atoms with Crippen molar-refractivity contribution in [2.75, 3.05) is 67.8 Å². The van der Waals surface area contributed by atoms with Crippen LogP contribution in [0.4, 0.5) is 33.5 Å². The van der Waals surface area contributed by atoms with Crippen LogP contribution in [-0.2, 0) is 0 Å². The highest BCUT2D eigenvalue weighted by atomic mass is 16.5. The van der Waals surface area contributed by atoms with E-state index < -0.39 is 0 Å². The zero-order valence-corrected chi connectivity index (χ0v) is 19.0. The summed E-state index contributed by atoms with van der Waals surface area (Å²) in [5.74, 6) is 1.15. The Morgan fingerprint density at radius 3 is 2.64 bits per heavy atom. The van der Waals surface area contributed by atoms with Gasteiger partial charge in [-0.2, -0.15) is 0 Å². The maximum Gasteiger partial charge on any atom is 0.326 e. The number of nitrogens with zero attached hydrogens (tertiary/aromatic N) is 5. The molecule has 3 aromatic rings. The van der Waals surface area contributed by atoms with E-state index in [0.717, 1.165) is 48.9 Å². The lowest BCUT2D eigenvalue weighted by atomic mass is 10.1. The lowest BCUT2D eigenvalue weighted by Crippen LogP contribution is -2.44. The van der Waals surface area contributed by atoms with Gasteiger partial charge in [-0.3, -0.25) is 4.90 Å². The van der Waals surface area contributed by atoms with Crippen LogP contribution in [-0.4, -0.2) is 68.3 Å². The Morgan fingerprint density at radius 2 is 1.85 bits per heavy atom. The molecule has 9 nitrogen and oxygen atoms in total. The van der Waals surface area contributed by atoms with Crippen molar-refractivity contribution in [1.82, 2.24) is 14.9 Å². The summed E-state index contributed by atoms with van der Waals surface area (Å²) in [6, 6.07) is 13.5. The molecule has 0 bridgehead atoms. The molecule has 9 heteroatoms. The van der Waals surface area contributed by atoms with Gasteiger partial charge in [0.05, 0.1) is 30.4 Å². The van der Waals surface area contributed by atoms with Gasteiger partial charge in [-0.05, 0) is 25.2 Å². The lowest BCUT2D eigenvalue weighted by Gasteiger charge is -2.34. The Labute approximate surface area is 193 Å². The summed E-state index contributed by atoms with van der Waals surface area (Å²) >= 11 is 0. The molecule has 0 spiro atoms. The van der Waals surface area contributed by atoms with Gasteiger partial charge in [0.25, 0.3) is 0 Å². The minimum atomic E-state index is -0.230. The second kappa shape index (κ2) is 8.59. The molecule has 1 saturated heterocycles. The summed E-state index contributed by atoms with van der Waals surface area (Å²) < 4.78 is 5.67. The summed E-state index contributed by atoms with van der Waals surface area (Å²) in [5.41, 5.74) is 4.78. The zero-order valence-electron chi connectivity index (χ0n) is 19.0. The monoisotopic (exact) mass is 445 g/mol. The van der Waals surface area contributed by atoms with Gasteiger partial charge in [-0.25, -0.2) is 14.8 Å². The van der Waals surface area contributed by atoms with Gasteiger partial charge in [0.15, 0.2) is 0 Å². The number of likely N-dealkylation sites (N-methyl/N-ethyl adjacent to an activating group) is 1. The average Bonchev–Trinajstić information content (AvgIpc) is 2.94. The topological polar surface area (TPSA) is 85.9 Å². The van der Waals surface area contributed by atoms with E-state index in [4.69, 9.17) is 9.72 Å². The number of aromatic nitrogens is 2. The quantitative estimate of drug-likeness (QED) is 0.634. The Hall–Kier alpha value is -3.85. The van der Waals surface area contributed by atoms with E-state index in [1.165, 1.54) is 4.90 Å². The second-order valence-electron chi connectivity index (χ2n) is 8.26. The summed E-state index contributed by atoms with van der Waals surface area (Å²) in [7, 11) is 5.51. The fraction of sp³-hybridized carbons (Fsp3) is 0.292. The molecule has 33 heavy (non-hydrogen) atoms. The van der Waals surface area contributed by atoms with Crippen molar-refractivity contribution in [3.63, 3.8) is 0 Å². The molecule has 5 rings (SSSR count). The summed E-state index contributed by atoms with van der Waals surface area (Å²) in [5, 5.41) is 6.21. The van der Waals surface area contributed by atoms with E-state index in [1.807, 2.05) is 36.4 Å². The predicted octanol–water partition coefficient (Wildman–Crippen LogP) is 3.63. The maximum absolute atomic E-state index is 12.5. The number of rotatable bonds is 4. The smallest absolute Gasteiger partial charge is 0.326 e. The third kappa shape index (κ3) is 4.03. The number of methoxy groups -OCH3 is 1. The number of urea groups is 1. The van der Waals surface area contributed by atoms with Gasteiger partial charge in [0.2, 0.25) is 5.95 Å². The van der Waals surface area contributed by atoms with Crippen molar-refractivity contribution in [3.8, 4) is 17.0 Å². The number of amides is 2. The van der Waals surface area contributed by atoms with E-state index in [-0.39, 0.29) is 6.03 Å². The van der Waals surface area contributed by atoms with Gasteiger partial charge in [0, 0.05) is 50.5 Å². The Kier molecular flexibility index (Phi) is 5.47. The number of hydrogen-bond donors (Lipinski definition) is 2. The Morgan fingerprint density at radius 1 is 1.06 bits per heavy atom. The van der Waals surface area contributed by atoms with E-state index in [9.17, 15) is 4.79 Å². The molecule has 1 fully saturated rings. The van der Waals surface area contributed by atoms with E-state index in [2.05, 4.69) is 38.5 Å². The van der Waals surface area contributed by atoms with Crippen LogP contribution in [0.5, 0.6) is 5.75 Å². The third-order valence-electron chi connectivity index (χ3n) is 6.16. The molecule has 3 heterocycles. The molecular weight excluding hydrogens is 418 g/mol. The Balaban J connectivity index is 1.46. The molecule has 0 atom stereocenters. The maximum atomic E-state index is 12.5. The van der Waals surface area contributed by atoms with Crippen molar-refractivity contribution >= 4 is 34.7 Å². The van der Waals surface area contributed by atoms with Gasteiger partial charge < -0.3 is 25.2 Å². The molecule has 2 aliphatic rings. The number of hydrogen-bond acceptors (Lipinski definition) is 7. The van der Waals surface area contributed by atoms with Gasteiger partial charge in [0.1, 0.15) is 11.4 Å². The summed E-state index contributed by atoms with van der Waals surface area (Å²) in [4.78, 5) is 27.9. The molecular formula is C24H27N7O2. The largest absolute Gasteiger partial charge is 0.494 e. The van der Waals surface area contributed by atoms with E-state index >= 15 is 0 Å². The van der Waals surface area contributed by atoms with Crippen molar-refractivity contribution in [2.45, 2.75) is 0 Å². The highest BCUT2D eigenvalue weighted by Crippen LogP contribution is 2.38. The normalized spacial score (nSPS) is 15.9. The standard InChI is InChI=1S/C24H27N7O2/c1-29-10-12-31(13-11-29)16-8-9-19(21(14-16)33-3)26-23-25-15-20-22(28-23)17-6-4-5-7-18(17)27-24(32)30(20)2/h4-9,14-15H,10-13H2,1-3H3,(H,27,32)(H,25,26,28). The van der Waals surface area contributed by atoms with Crippen molar-refractivity contribution < 1.29 is 9.53 Å². The minimum absolute atomic E-state index is 0.230. The first-order valence-electron chi connectivity index (χ1n) is 10.9. The number of carbonyl (C=O) groups excluding carboxylic acids is 1. The minimum Gasteiger partial charge on any atom is -0.494 e. The van der Waals surface area contributed by atoms with Crippen LogP contribution >= 0.6 is 0 Å². The first kappa shape index (κ1) is 21.0. The number of ether oxygens (including phenoxy) is 1. The Bertz CT molecular complexity index is 1190. The fourth-order valence-corrected chi connectivity index (χ4v) is 4.15. The molecule has 2 amide bonds. The second-order valence-corrected chi connectivity index (χ2v) is 8.26. The SMILES string of the molecule is COc1cc(N2CCN(C)CC2)ccc1Nc1ncc2c(n1)-c1ccccc1NC(=O)N2C. The van der Waals surface area contributed by atoms with Gasteiger partial charge >= 0.3 is 6.03 Å². The first-order valence-corrected chi connectivity index (χ1v) is 10.9. The highest BCUT2D eigenvalue weighted by Gasteiger charge is 2.25. The predicted molar refractivity (Wildman–Crippen MR) is 131 cm³/mol. The van der Waals surface area contributed by atoms with Crippen molar-refractivity contribution in [3.05, 3.63) is 48.7 Å². The molecule has 2 aromatic carbocycles. The number of carbonyl (C=O) groups is 1. The van der Waals surface area contributed by atoms with Crippen molar-refractivity contribution in [1.29, 1.82) is 0 Å². The van der Waals surface area contributed by atoms with Crippen LogP contribution in [0.1, 0.15) is 0 Å². The third-order valence-corrected chi connectivity index (χ3v) is 6.16. The molecule has 0 aliphatic carbocycles. The molecule has 0 saturated carbocycles.